The van der Waals surface area contributed by atoms with Crippen molar-refractivity contribution in [3.63, 3.8) is 0 Å². The van der Waals surface area contributed by atoms with Crippen LogP contribution in [0.4, 0.5) is 0 Å². The number of aliphatic hydroxyl groups excluding tert-OH is 1. The molecule has 0 aliphatic rings. The first-order chi connectivity index (χ1) is 10.2. The highest BCUT2D eigenvalue weighted by Crippen LogP contribution is 2.31. The van der Waals surface area contributed by atoms with Crippen LogP contribution in [-0.4, -0.2) is 24.9 Å². The van der Waals surface area contributed by atoms with Crippen LogP contribution >= 0.6 is 0 Å². The van der Waals surface area contributed by atoms with Crippen molar-refractivity contribution in [1.82, 2.24) is 5.32 Å². The number of rotatable bonds is 7. The number of benzene rings is 2. The number of methoxy groups -OCH3 is 1. The lowest BCUT2D eigenvalue weighted by Gasteiger charge is -2.18. The van der Waals surface area contributed by atoms with Crippen LogP contribution in [0.1, 0.15) is 38.3 Å². The van der Waals surface area contributed by atoms with E-state index >= 15 is 0 Å². The van der Waals surface area contributed by atoms with Crippen molar-refractivity contribution >= 4 is 10.8 Å². The van der Waals surface area contributed by atoms with Crippen LogP contribution in [0.15, 0.2) is 36.4 Å². The van der Waals surface area contributed by atoms with E-state index in [1.165, 1.54) is 10.9 Å². The minimum absolute atomic E-state index is 0.211. The summed E-state index contributed by atoms with van der Waals surface area (Å²) in [4.78, 5) is 0. The molecule has 0 aliphatic carbocycles. The highest BCUT2D eigenvalue weighted by molar-refractivity contribution is 5.91. The van der Waals surface area contributed by atoms with E-state index in [4.69, 9.17) is 4.74 Å². The first-order valence-electron chi connectivity index (χ1n) is 7.64. The Balaban J connectivity index is 2.18. The van der Waals surface area contributed by atoms with Crippen molar-refractivity contribution in [1.29, 1.82) is 0 Å². The Morgan fingerprint density at radius 2 is 1.86 bits per heavy atom. The van der Waals surface area contributed by atoms with Gasteiger partial charge in [-0.3, -0.25) is 0 Å². The number of hydrogen-bond donors (Lipinski definition) is 2. The van der Waals surface area contributed by atoms with E-state index < -0.39 is 0 Å². The fourth-order valence-corrected chi connectivity index (χ4v) is 2.63. The molecule has 21 heavy (non-hydrogen) atoms. The highest BCUT2D eigenvalue weighted by atomic mass is 16.5. The van der Waals surface area contributed by atoms with Crippen LogP contribution in [0.5, 0.6) is 5.75 Å². The molecule has 0 amide bonds. The van der Waals surface area contributed by atoms with E-state index in [0.717, 1.165) is 30.5 Å². The largest absolute Gasteiger partial charge is 0.496 e. The number of aliphatic hydroxyl groups is 1. The molecule has 0 spiro atoms. The second kappa shape index (κ2) is 7.43. The maximum absolute atomic E-state index is 9.62. The molecular formula is C18H25NO2. The van der Waals surface area contributed by atoms with Crippen molar-refractivity contribution in [2.24, 2.45) is 0 Å². The smallest absolute Gasteiger partial charge is 0.126 e. The van der Waals surface area contributed by atoms with Gasteiger partial charge in [-0.1, -0.05) is 37.3 Å². The van der Waals surface area contributed by atoms with E-state index in [1.54, 1.807) is 7.11 Å². The topological polar surface area (TPSA) is 41.5 Å². The van der Waals surface area contributed by atoms with Crippen LogP contribution in [0, 0.1) is 0 Å². The van der Waals surface area contributed by atoms with Gasteiger partial charge in [0, 0.05) is 11.4 Å². The predicted octanol–water partition coefficient (Wildman–Crippen LogP) is 3.66. The molecule has 2 atom stereocenters. The van der Waals surface area contributed by atoms with Gasteiger partial charge in [-0.15, -0.1) is 0 Å². The van der Waals surface area contributed by atoms with Crippen LogP contribution in [0.3, 0.4) is 0 Å². The van der Waals surface area contributed by atoms with Gasteiger partial charge in [-0.2, -0.15) is 0 Å². The molecule has 0 saturated carbocycles. The quantitative estimate of drug-likeness (QED) is 0.816. The normalized spacial score (nSPS) is 14.1. The Hall–Kier alpha value is -1.58. The van der Waals surface area contributed by atoms with Crippen molar-refractivity contribution in [2.45, 2.75) is 38.8 Å². The van der Waals surface area contributed by atoms with Gasteiger partial charge in [-0.05, 0) is 43.3 Å². The summed E-state index contributed by atoms with van der Waals surface area (Å²) in [5.41, 5.74) is 1.26. The fraction of sp³-hybridized carbons (Fsp3) is 0.444. The average molecular weight is 287 g/mol. The molecule has 3 nitrogen and oxygen atoms in total. The number of hydrogen-bond acceptors (Lipinski definition) is 3. The molecule has 0 heterocycles. The molecule has 0 bridgehead atoms. The SMILES string of the molecule is CCC(O)CCNC(C)c1ccc(OC)c2ccccc12. The van der Waals surface area contributed by atoms with Gasteiger partial charge in [0.05, 0.1) is 13.2 Å². The van der Waals surface area contributed by atoms with E-state index in [9.17, 15) is 5.11 Å². The van der Waals surface area contributed by atoms with E-state index in [0.29, 0.717) is 0 Å². The van der Waals surface area contributed by atoms with E-state index in [-0.39, 0.29) is 12.1 Å². The monoisotopic (exact) mass is 287 g/mol. The molecule has 2 aromatic rings. The van der Waals surface area contributed by atoms with Crippen LogP contribution < -0.4 is 10.1 Å². The summed E-state index contributed by atoms with van der Waals surface area (Å²) in [6, 6.07) is 12.7. The lowest BCUT2D eigenvalue weighted by molar-refractivity contribution is 0.159. The van der Waals surface area contributed by atoms with Crippen molar-refractivity contribution < 1.29 is 9.84 Å². The predicted molar refractivity (Wildman–Crippen MR) is 87.8 cm³/mol. The summed E-state index contributed by atoms with van der Waals surface area (Å²) >= 11 is 0. The average Bonchev–Trinajstić information content (AvgIpc) is 2.53. The first kappa shape index (κ1) is 15.8. The van der Waals surface area contributed by atoms with Crippen LogP contribution in [-0.2, 0) is 0 Å². The lowest BCUT2D eigenvalue weighted by atomic mass is 9.98. The standard InChI is InChI=1S/C18H25NO2/c1-4-14(20)11-12-19-13(2)15-9-10-18(21-3)17-8-6-5-7-16(15)17/h5-10,13-14,19-20H,4,11-12H2,1-3H3. The third-order valence-electron chi connectivity index (χ3n) is 4.00. The maximum atomic E-state index is 9.62. The third-order valence-corrected chi connectivity index (χ3v) is 4.00. The van der Waals surface area contributed by atoms with Gasteiger partial charge < -0.3 is 15.2 Å². The van der Waals surface area contributed by atoms with E-state index in [2.05, 4.69) is 36.5 Å². The third kappa shape index (κ3) is 3.74. The van der Waals surface area contributed by atoms with Gasteiger partial charge in [-0.25, -0.2) is 0 Å². The summed E-state index contributed by atoms with van der Waals surface area (Å²) < 4.78 is 5.44. The molecule has 0 aromatic heterocycles. The Morgan fingerprint density at radius 1 is 1.14 bits per heavy atom. The molecule has 2 unspecified atom stereocenters. The Labute approximate surface area is 126 Å². The summed E-state index contributed by atoms with van der Waals surface area (Å²) in [5, 5.41) is 15.5. The number of nitrogens with one attached hydrogen (secondary N) is 1. The first-order valence-corrected chi connectivity index (χ1v) is 7.64. The second-order valence-corrected chi connectivity index (χ2v) is 5.43. The highest BCUT2D eigenvalue weighted by Gasteiger charge is 2.12. The Bertz CT molecular complexity index is 582. The minimum atomic E-state index is -0.211. The number of ether oxygens (including phenoxy) is 1. The van der Waals surface area contributed by atoms with Crippen LogP contribution in [0.2, 0.25) is 0 Å². The summed E-state index contributed by atoms with van der Waals surface area (Å²) in [6.07, 6.45) is 1.38. The molecule has 0 saturated heterocycles. The van der Waals surface area contributed by atoms with Gasteiger partial charge in [0.2, 0.25) is 0 Å². The summed E-state index contributed by atoms with van der Waals surface area (Å²) in [7, 11) is 1.70. The Kier molecular flexibility index (Phi) is 5.59. The second-order valence-electron chi connectivity index (χ2n) is 5.43. The summed E-state index contributed by atoms with van der Waals surface area (Å²) in [5.74, 6) is 0.906. The minimum Gasteiger partial charge on any atom is -0.496 e. The fourth-order valence-electron chi connectivity index (χ4n) is 2.63. The molecule has 2 N–H and O–H groups in total. The van der Waals surface area contributed by atoms with E-state index in [1.807, 2.05) is 19.1 Å². The van der Waals surface area contributed by atoms with Crippen molar-refractivity contribution in [3.8, 4) is 5.75 Å². The molecule has 2 rings (SSSR count). The molecule has 114 valence electrons. The zero-order valence-corrected chi connectivity index (χ0v) is 13.1. The molecule has 3 heteroatoms. The Morgan fingerprint density at radius 3 is 2.52 bits per heavy atom. The van der Waals surface area contributed by atoms with Gasteiger partial charge in [0.25, 0.3) is 0 Å². The molecule has 0 radical (unpaired) electrons. The van der Waals surface area contributed by atoms with Gasteiger partial charge in [0.1, 0.15) is 5.75 Å². The molecule has 0 fully saturated rings. The van der Waals surface area contributed by atoms with Gasteiger partial charge in [0.15, 0.2) is 0 Å². The maximum Gasteiger partial charge on any atom is 0.126 e. The summed E-state index contributed by atoms with van der Waals surface area (Å²) in [6.45, 7) is 4.98. The lowest BCUT2D eigenvalue weighted by Crippen LogP contribution is -2.23. The molecule has 0 aliphatic heterocycles. The van der Waals surface area contributed by atoms with Crippen LogP contribution in [0.25, 0.3) is 10.8 Å². The molecular weight excluding hydrogens is 262 g/mol. The zero-order chi connectivity index (χ0) is 15.2. The number of fused-ring (bicyclic) bond motifs is 1. The molecule has 2 aromatic carbocycles. The van der Waals surface area contributed by atoms with Crippen molar-refractivity contribution in [3.05, 3.63) is 42.0 Å². The zero-order valence-electron chi connectivity index (χ0n) is 13.1. The van der Waals surface area contributed by atoms with Crippen molar-refractivity contribution in [2.75, 3.05) is 13.7 Å². The van der Waals surface area contributed by atoms with Gasteiger partial charge >= 0.3 is 0 Å².